The Kier molecular flexibility index (Phi) is 8.18. The van der Waals surface area contributed by atoms with Gasteiger partial charge in [-0.25, -0.2) is 14.4 Å². The molecule has 0 saturated heterocycles. The molecule has 0 bridgehead atoms. The number of ether oxygens (including phenoxy) is 1. The lowest BCUT2D eigenvalue weighted by atomic mass is 9.85. The minimum Gasteiger partial charge on any atom is -0.508 e. The lowest BCUT2D eigenvalue weighted by Gasteiger charge is -2.28. The Bertz CT molecular complexity index is 1440. The summed E-state index contributed by atoms with van der Waals surface area (Å²) >= 11 is 0. The first kappa shape index (κ1) is 27.2. The van der Waals surface area contributed by atoms with Gasteiger partial charge in [0.2, 0.25) is 0 Å². The first-order valence-electron chi connectivity index (χ1n) is 12.0. The van der Waals surface area contributed by atoms with Crippen molar-refractivity contribution in [3.05, 3.63) is 82.6 Å². The number of unbranched alkanes of at least 4 members (excludes halogenated alkanes) is 1. The number of aliphatic carboxylic acids is 1. The predicted molar refractivity (Wildman–Crippen MR) is 139 cm³/mol. The Morgan fingerprint density at radius 1 is 1.08 bits per heavy atom. The number of phenolic OH excluding ortho intramolecular Hbond substituents is 1. The molecule has 0 spiro atoms. The molecule has 2 aromatic rings. The molecule has 2 aliphatic rings. The van der Waals surface area contributed by atoms with Crippen LogP contribution in [0.15, 0.2) is 76.2 Å². The lowest BCUT2D eigenvalue weighted by Crippen LogP contribution is -2.39. The van der Waals surface area contributed by atoms with Gasteiger partial charge in [-0.3, -0.25) is 0 Å². The van der Waals surface area contributed by atoms with Crippen molar-refractivity contribution in [1.82, 2.24) is 5.32 Å². The SMILES string of the molecule is NCCCC[C@H](NC(=O)/N=N/c1ccc(C(=O)O)c(C2=C3C=CC(O)C=C3Oc3cc(O)ccc32)c1)C(=O)O. The highest BCUT2D eigenvalue weighted by molar-refractivity contribution is 6.01. The number of hydrogen-bond donors (Lipinski definition) is 6. The van der Waals surface area contributed by atoms with Crippen LogP contribution >= 0.6 is 0 Å². The van der Waals surface area contributed by atoms with Crippen molar-refractivity contribution in [2.75, 3.05) is 6.54 Å². The number of allylic oxidation sites excluding steroid dienone is 1. The number of carbonyl (C=O) groups excluding carboxylic acids is 1. The van der Waals surface area contributed by atoms with Gasteiger partial charge in [0, 0.05) is 22.8 Å². The number of aromatic hydroxyl groups is 1. The van der Waals surface area contributed by atoms with E-state index in [-0.39, 0.29) is 40.5 Å². The summed E-state index contributed by atoms with van der Waals surface area (Å²) in [6.45, 7) is 0.401. The van der Waals surface area contributed by atoms with Crippen LogP contribution < -0.4 is 15.8 Å². The number of carbonyl (C=O) groups is 3. The molecular weight excluding hydrogens is 508 g/mol. The molecular formula is C27H26N4O8. The Hall–Kier alpha value is -4.81. The van der Waals surface area contributed by atoms with E-state index in [2.05, 4.69) is 15.5 Å². The maximum absolute atomic E-state index is 12.3. The molecule has 202 valence electrons. The van der Waals surface area contributed by atoms with Crippen LogP contribution in [0.25, 0.3) is 5.57 Å². The van der Waals surface area contributed by atoms with Crippen molar-refractivity contribution >= 4 is 29.2 Å². The zero-order valence-electron chi connectivity index (χ0n) is 20.6. The maximum atomic E-state index is 12.3. The topological polar surface area (TPSA) is 204 Å². The highest BCUT2D eigenvalue weighted by Crippen LogP contribution is 2.45. The third-order valence-corrected chi connectivity index (χ3v) is 6.07. The lowest BCUT2D eigenvalue weighted by molar-refractivity contribution is -0.139. The number of azo groups is 1. The number of rotatable bonds is 9. The average molecular weight is 535 g/mol. The number of benzene rings is 2. The molecule has 1 aliphatic heterocycles. The molecule has 2 amide bonds. The first-order chi connectivity index (χ1) is 18.7. The number of fused-ring (bicyclic) bond motifs is 2. The van der Waals surface area contributed by atoms with E-state index < -0.39 is 30.1 Å². The van der Waals surface area contributed by atoms with Crippen molar-refractivity contribution in [3.8, 4) is 11.5 Å². The second-order valence-corrected chi connectivity index (χ2v) is 8.81. The zero-order valence-corrected chi connectivity index (χ0v) is 20.6. The van der Waals surface area contributed by atoms with Crippen molar-refractivity contribution in [1.29, 1.82) is 0 Å². The van der Waals surface area contributed by atoms with Gasteiger partial charge in [0.15, 0.2) is 0 Å². The quantitative estimate of drug-likeness (QED) is 0.205. The number of carboxylic acids is 2. The normalized spacial score (nSPS) is 16.7. The summed E-state index contributed by atoms with van der Waals surface area (Å²) in [6.07, 6.45) is 4.93. The van der Waals surface area contributed by atoms with Gasteiger partial charge in [0.25, 0.3) is 0 Å². The van der Waals surface area contributed by atoms with E-state index in [4.69, 9.17) is 10.5 Å². The van der Waals surface area contributed by atoms with Crippen LogP contribution in [0.1, 0.15) is 40.7 Å². The van der Waals surface area contributed by atoms with Crippen molar-refractivity contribution in [2.24, 2.45) is 16.0 Å². The van der Waals surface area contributed by atoms with Gasteiger partial charge in [-0.15, -0.1) is 5.11 Å². The number of phenols is 1. The monoisotopic (exact) mass is 534 g/mol. The minimum absolute atomic E-state index is 0.0706. The number of nitrogens with two attached hydrogens (primary N) is 1. The number of aliphatic hydroxyl groups excluding tert-OH is 1. The molecule has 12 heteroatoms. The molecule has 0 fully saturated rings. The van der Waals surface area contributed by atoms with E-state index in [9.17, 15) is 34.8 Å². The van der Waals surface area contributed by atoms with Gasteiger partial charge in [0.05, 0.1) is 17.4 Å². The third kappa shape index (κ3) is 6.20. The average Bonchev–Trinajstić information content (AvgIpc) is 2.89. The Morgan fingerprint density at radius 3 is 2.59 bits per heavy atom. The van der Waals surface area contributed by atoms with Gasteiger partial charge < -0.3 is 36.2 Å². The van der Waals surface area contributed by atoms with Crippen molar-refractivity contribution in [2.45, 2.75) is 31.4 Å². The van der Waals surface area contributed by atoms with Gasteiger partial charge in [-0.2, -0.15) is 0 Å². The molecule has 39 heavy (non-hydrogen) atoms. The van der Waals surface area contributed by atoms with Gasteiger partial charge in [-0.1, -0.05) is 17.3 Å². The maximum Gasteiger partial charge on any atom is 0.360 e. The summed E-state index contributed by atoms with van der Waals surface area (Å²) in [5.41, 5.74) is 7.13. The van der Waals surface area contributed by atoms with Crippen LogP contribution in [0.5, 0.6) is 11.5 Å². The molecule has 7 N–H and O–H groups in total. The summed E-state index contributed by atoms with van der Waals surface area (Å²) < 4.78 is 5.87. The van der Waals surface area contributed by atoms with Crippen LogP contribution in [0.2, 0.25) is 0 Å². The highest BCUT2D eigenvalue weighted by atomic mass is 16.5. The number of hydrogen-bond acceptors (Lipinski definition) is 8. The fourth-order valence-electron chi connectivity index (χ4n) is 4.25. The molecule has 12 nitrogen and oxygen atoms in total. The largest absolute Gasteiger partial charge is 0.508 e. The Labute approximate surface area is 222 Å². The number of nitrogens with zero attached hydrogens (tertiary/aromatic N) is 2. The molecule has 0 aromatic heterocycles. The number of amides is 2. The number of aromatic carboxylic acids is 1. The second kappa shape index (κ2) is 11.7. The smallest absolute Gasteiger partial charge is 0.360 e. The van der Waals surface area contributed by atoms with E-state index in [1.54, 1.807) is 12.1 Å². The number of nitrogens with one attached hydrogen (secondary N) is 1. The molecule has 1 heterocycles. The summed E-state index contributed by atoms with van der Waals surface area (Å²) in [7, 11) is 0. The molecule has 1 unspecified atom stereocenters. The molecule has 1 aliphatic carbocycles. The van der Waals surface area contributed by atoms with Gasteiger partial charge in [-0.05, 0) is 67.8 Å². The van der Waals surface area contributed by atoms with E-state index >= 15 is 0 Å². The Morgan fingerprint density at radius 2 is 1.87 bits per heavy atom. The van der Waals surface area contributed by atoms with E-state index in [0.29, 0.717) is 36.1 Å². The summed E-state index contributed by atoms with van der Waals surface area (Å²) in [5.74, 6) is -1.98. The number of aliphatic hydroxyl groups is 1. The minimum atomic E-state index is -1.22. The number of urea groups is 1. The van der Waals surface area contributed by atoms with Crippen LogP contribution in [0, 0.1) is 0 Å². The third-order valence-electron chi connectivity index (χ3n) is 6.07. The van der Waals surface area contributed by atoms with E-state index in [1.165, 1.54) is 42.5 Å². The Balaban J connectivity index is 1.72. The van der Waals surface area contributed by atoms with Gasteiger partial charge >= 0.3 is 18.0 Å². The molecule has 2 atom stereocenters. The standard InChI is InChI=1S/C27H26N4O8/c28-10-2-1-3-21(26(36)37)29-27(38)31-30-14-4-7-17(25(34)35)20(11-14)24-18-8-5-15(32)12-22(18)39-23-13-16(33)6-9-19(23)24/h4-9,11-13,15,21,32-33H,1-3,10,28H2,(H,29,38)(H,34,35)(H,36,37)/b31-30+/t15?,21-/m0/s1. The first-order valence-corrected chi connectivity index (χ1v) is 12.0. The van der Waals surface area contributed by atoms with E-state index in [1.807, 2.05) is 0 Å². The summed E-state index contributed by atoms with van der Waals surface area (Å²) in [5, 5.41) is 49.1. The van der Waals surface area contributed by atoms with Crippen LogP contribution in [0.4, 0.5) is 10.5 Å². The fraction of sp³-hybridized carbons (Fsp3) is 0.222. The fourth-order valence-corrected chi connectivity index (χ4v) is 4.25. The van der Waals surface area contributed by atoms with Crippen LogP contribution in [-0.4, -0.2) is 57.1 Å². The summed E-state index contributed by atoms with van der Waals surface area (Å²) in [6, 6.07) is 6.35. The summed E-state index contributed by atoms with van der Waals surface area (Å²) in [4.78, 5) is 35.9. The predicted octanol–water partition coefficient (Wildman–Crippen LogP) is 3.47. The molecule has 4 rings (SSSR count). The second-order valence-electron chi connectivity index (χ2n) is 8.81. The number of carboxylic acid groups (broad SMARTS) is 2. The van der Waals surface area contributed by atoms with Crippen molar-refractivity contribution < 1.29 is 39.5 Å². The van der Waals surface area contributed by atoms with Crippen molar-refractivity contribution in [3.63, 3.8) is 0 Å². The van der Waals surface area contributed by atoms with E-state index in [0.717, 1.165) is 0 Å². The van der Waals surface area contributed by atoms with Crippen LogP contribution in [-0.2, 0) is 4.79 Å². The highest BCUT2D eigenvalue weighted by Gasteiger charge is 2.29. The molecule has 2 aromatic carbocycles. The van der Waals surface area contributed by atoms with Crippen LogP contribution in [0.3, 0.4) is 0 Å². The molecule has 0 radical (unpaired) electrons. The zero-order chi connectivity index (χ0) is 28.1. The molecule has 0 saturated carbocycles. The van der Waals surface area contributed by atoms with Gasteiger partial charge in [0.1, 0.15) is 23.3 Å².